The van der Waals surface area contributed by atoms with Crippen LogP contribution in [0.3, 0.4) is 0 Å². The maximum absolute atomic E-state index is 10.8. The van der Waals surface area contributed by atoms with Gasteiger partial charge in [0.15, 0.2) is 0 Å². The van der Waals surface area contributed by atoms with Crippen LogP contribution in [0.1, 0.15) is 29.4 Å². The number of aromatic nitrogens is 2. The molecule has 16 heavy (non-hydrogen) atoms. The zero-order chi connectivity index (χ0) is 12.0. The van der Waals surface area contributed by atoms with Crippen molar-refractivity contribution >= 4 is 5.97 Å². The first-order valence-corrected chi connectivity index (χ1v) is 5.02. The van der Waals surface area contributed by atoms with E-state index in [1.54, 1.807) is 6.92 Å². The number of aliphatic hydroxyl groups is 1. The van der Waals surface area contributed by atoms with Gasteiger partial charge in [-0.2, -0.15) is 0 Å². The number of carbonyl (C=O) groups is 1. The molecule has 6 heteroatoms. The van der Waals surface area contributed by atoms with Crippen molar-refractivity contribution in [3.63, 3.8) is 0 Å². The number of nitrogens with one attached hydrogen (secondary N) is 1. The first-order chi connectivity index (χ1) is 7.61. The summed E-state index contributed by atoms with van der Waals surface area (Å²) in [6.07, 6.45) is 2.85. The Bertz CT molecular complexity index is 355. The molecule has 0 saturated carbocycles. The number of carboxylic acids is 1. The Balaban J connectivity index is 2.50. The van der Waals surface area contributed by atoms with E-state index in [9.17, 15) is 4.79 Å². The topological polar surface area (TPSA) is 95.3 Å². The zero-order valence-corrected chi connectivity index (χ0v) is 9.05. The van der Waals surface area contributed by atoms with Crippen LogP contribution in [-0.2, 0) is 6.54 Å². The normalized spacial score (nSPS) is 12.4. The van der Waals surface area contributed by atoms with Crippen molar-refractivity contribution in [2.45, 2.75) is 26.0 Å². The predicted octanol–water partition coefficient (Wildman–Crippen LogP) is 0.0353. The van der Waals surface area contributed by atoms with Crippen molar-refractivity contribution in [1.29, 1.82) is 0 Å². The molecule has 1 rings (SSSR count). The van der Waals surface area contributed by atoms with E-state index in [0.717, 1.165) is 0 Å². The van der Waals surface area contributed by atoms with Gasteiger partial charge in [0.1, 0.15) is 11.9 Å². The summed E-state index contributed by atoms with van der Waals surface area (Å²) in [5.41, 5.74) is 0.556. The van der Waals surface area contributed by atoms with Crippen molar-refractivity contribution in [2.75, 3.05) is 6.54 Å². The molecule has 6 nitrogen and oxygen atoms in total. The average Bonchev–Trinajstić information content (AvgIpc) is 2.24. The SMILES string of the molecule is CC(O)CCNCc1ncncc1C(=O)O. The quantitative estimate of drug-likeness (QED) is 0.591. The Kier molecular flexibility index (Phi) is 4.81. The maximum Gasteiger partial charge on any atom is 0.339 e. The first-order valence-electron chi connectivity index (χ1n) is 5.02. The van der Waals surface area contributed by atoms with Crippen molar-refractivity contribution in [3.8, 4) is 0 Å². The van der Waals surface area contributed by atoms with Crippen LogP contribution in [0.15, 0.2) is 12.5 Å². The lowest BCUT2D eigenvalue weighted by atomic mass is 10.2. The van der Waals surface area contributed by atoms with Gasteiger partial charge in [-0.15, -0.1) is 0 Å². The lowest BCUT2D eigenvalue weighted by Crippen LogP contribution is -2.21. The molecule has 0 aliphatic rings. The van der Waals surface area contributed by atoms with E-state index in [1.165, 1.54) is 12.5 Å². The molecule has 0 fully saturated rings. The van der Waals surface area contributed by atoms with E-state index in [-0.39, 0.29) is 11.7 Å². The summed E-state index contributed by atoms with van der Waals surface area (Å²) in [4.78, 5) is 18.4. The molecule has 0 spiro atoms. The molecule has 1 unspecified atom stereocenters. The fourth-order valence-corrected chi connectivity index (χ4v) is 1.19. The molecular formula is C10H15N3O3. The summed E-state index contributed by atoms with van der Waals surface area (Å²) in [7, 11) is 0. The van der Waals surface area contributed by atoms with E-state index in [0.29, 0.717) is 25.2 Å². The minimum absolute atomic E-state index is 0.104. The molecule has 3 N–H and O–H groups in total. The highest BCUT2D eigenvalue weighted by Crippen LogP contribution is 2.03. The lowest BCUT2D eigenvalue weighted by molar-refractivity contribution is 0.0694. The Hall–Kier alpha value is -1.53. The zero-order valence-electron chi connectivity index (χ0n) is 9.05. The molecule has 1 heterocycles. The van der Waals surface area contributed by atoms with Gasteiger partial charge in [0.25, 0.3) is 0 Å². The van der Waals surface area contributed by atoms with Gasteiger partial charge in [-0.25, -0.2) is 14.8 Å². The van der Waals surface area contributed by atoms with E-state index in [4.69, 9.17) is 10.2 Å². The summed E-state index contributed by atoms with van der Waals surface area (Å²) >= 11 is 0. The highest BCUT2D eigenvalue weighted by molar-refractivity contribution is 5.88. The van der Waals surface area contributed by atoms with E-state index >= 15 is 0 Å². The number of aliphatic hydroxyl groups excluding tert-OH is 1. The van der Waals surface area contributed by atoms with Crippen LogP contribution in [0.2, 0.25) is 0 Å². The van der Waals surface area contributed by atoms with E-state index in [2.05, 4.69) is 15.3 Å². The number of hydrogen-bond acceptors (Lipinski definition) is 5. The molecule has 0 radical (unpaired) electrons. The van der Waals surface area contributed by atoms with Crippen LogP contribution < -0.4 is 5.32 Å². The fourth-order valence-electron chi connectivity index (χ4n) is 1.19. The molecule has 0 amide bonds. The Morgan fingerprint density at radius 2 is 2.38 bits per heavy atom. The molecule has 1 atom stereocenters. The number of carboxylic acid groups (broad SMARTS) is 1. The van der Waals surface area contributed by atoms with Crippen LogP contribution in [-0.4, -0.2) is 38.8 Å². The van der Waals surface area contributed by atoms with Gasteiger partial charge in [0, 0.05) is 12.7 Å². The van der Waals surface area contributed by atoms with Crippen LogP contribution in [0.4, 0.5) is 0 Å². The van der Waals surface area contributed by atoms with Crippen LogP contribution in [0, 0.1) is 0 Å². The molecular weight excluding hydrogens is 210 g/mol. The minimum Gasteiger partial charge on any atom is -0.478 e. The van der Waals surface area contributed by atoms with Gasteiger partial charge in [0.05, 0.1) is 11.8 Å². The van der Waals surface area contributed by atoms with Crippen LogP contribution >= 0.6 is 0 Å². The number of nitrogens with zero attached hydrogens (tertiary/aromatic N) is 2. The van der Waals surface area contributed by atoms with Gasteiger partial charge in [-0.1, -0.05) is 0 Å². The molecule has 0 aliphatic carbocycles. The van der Waals surface area contributed by atoms with Crippen molar-refractivity contribution in [2.24, 2.45) is 0 Å². The highest BCUT2D eigenvalue weighted by atomic mass is 16.4. The second-order valence-corrected chi connectivity index (χ2v) is 3.50. The van der Waals surface area contributed by atoms with Gasteiger partial charge in [-0.3, -0.25) is 0 Å². The maximum atomic E-state index is 10.8. The van der Waals surface area contributed by atoms with Crippen molar-refractivity contribution < 1.29 is 15.0 Å². The standard InChI is InChI=1S/C10H15N3O3/c1-7(14)2-3-11-5-9-8(10(15)16)4-12-6-13-9/h4,6-7,11,14H,2-3,5H2,1H3,(H,15,16). The third-order valence-electron chi connectivity index (χ3n) is 2.06. The molecule has 1 aromatic heterocycles. The van der Waals surface area contributed by atoms with Crippen LogP contribution in [0.5, 0.6) is 0 Å². The summed E-state index contributed by atoms with van der Waals surface area (Å²) < 4.78 is 0. The predicted molar refractivity (Wildman–Crippen MR) is 57.0 cm³/mol. The number of rotatable bonds is 6. The lowest BCUT2D eigenvalue weighted by Gasteiger charge is -2.07. The smallest absolute Gasteiger partial charge is 0.339 e. The average molecular weight is 225 g/mol. The third kappa shape index (κ3) is 3.92. The summed E-state index contributed by atoms with van der Waals surface area (Å²) in [5, 5.41) is 20.9. The monoisotopic (exact) mass is 225 g/mol. The third-order valence-corrected chi connectivity index (χ3v) is 2.06. The first kappa shape index (κ1) is 12.5. The largest absolute Gasteiger partial charge is 0.478 e. The number of hydrogen-bond donors (Lipinski definition) is 3. The summed E-state index contributed by atoms with van der Waals surface area (Å²) in [6.45, 7) is 2.67. The second kappa shape index (κ2) is 6.14. The molecule has 88 valence electrons. The summed E-state index contributed by atoms with van der Waals surface area (Å²) in [5.74, 6) is -1.03. The molecule has 0 aliphatic heterocycles. The molecule has 0 aromatic carbocycles. The fraction of sp³-hybridized carbons (Fsp3) is 0.500. The van der Waals surface area contributed by atoms with Crippen LogP contribution in [0.25, 0.3) is 0 Å². The van der Waals surface area contributed by atoms with Crippen molar-refractivity contribution in [3.05, 3.63) is 23.8 Å². The van der Waals surface area contributed by atoms with Gasteiger partial charge >= 0.3 is 5.97 Å². The molecule has 0 bridgehead atoms. The highest BCUT2D eigenvalue weighted by Gasteiger charge is 2.10. The molecule has 1 aromatic rings. The Morgan fingerprint density at radius 3 is 3.00 bits per heavy atom. The Labute approximate surface area is 93.4 Å². The Morgan fingerprint density at radius 1 is 1.62 bits per heavy atom. The number of aromatic carboxylic acids is 1. The van der Waals surface area contributed by atoms with Gasteiger partial charge in [-0.05, 0) is 19.9 Å². The summed E-state index contributed by atoms with van der Waals surface area (Å²) in [6, 6.07) is 0. The minimum atomic E-state index is -1.03. The van der Waals surface area contributed by atoms with Gasteiger partial charge in [0.2, 0.25) is 0 Å². The van der Waals surface area contributed by atoms with Gasteiger partial charge < -0.3 is 15.5 Å². The van der Waals surface area contributed by atoms with E-state index in [1.807, 2.05) is 0 Å². The van der Waals surface area contributed by atoms with Crippen molar-refractivity contribution in [1.82, 2.24) is 15.3 Å². The van der Waals surface area contributed by atoms with E-state index < -0.39 is 5.97 Å². The second-order valence-electron chi connectivity index (χ2n) is 3.50. The molecule has 0 saturated heterocycles.